The molecule has 0 fully saturated rings. The van der Waals surface area contributed by atoms with Crippen LogP contribution in [0.5, 0.6) is 0 Å². The highest BCUT2D eigenvalue weighted by atomic mass is 32.1. The summed E-state index contributed by atoms with van der Waals surface area (Å²) >= 11 is 1.12. The van der Waals surface area contributed by atoms with E-state index >= 15 is 0 Å². The van der Waals surface area contributed by atoms with Gasteiger partial charge in [0.25, 0.3) is 0 Å². The number of carboxylic acids is 1. The maximum atomic E-state index is 12.8. The number of carboxylic acid groups (broad SMARTS) is 1. The van der Waals surface area contributed by atoms with Gasteiger partial charge in [0.1, 0.15) is 16.3 Å². The van der Waals surface area contributed by atoms with Crippen molar-refractivity contribution < 1.29 is 23.1 Å². The molecule has 5 nitrogen and oxygen atoms in total. The second-order valence-electron chi connectivity index (χ2n) is 4.99. The molecular weight excluding hydrogens is 343 g/mol. The summed E-state index contributed by atoms with van der Waals surface area (Å²) in [6.45, 7) is 1.57. The average Bonchev–Trinajstić information content (AvgIpc) is 3.12. The molecule has 2 heterocycles. The number of aromatic carboxylic acids is 1. The van der Waals surface area contributed by atoms with Crippen LogP contribution >= 0.6 is 11.3 Å². The Balaban J connectivity index is 2.02. The minimum absolute atomic E-state index is 0.0000535. The number of aromatic amines is 1. The average molecular weight is 353 g/mol. The summed E-state index contributed by atoms with van der Waals surface area (Å²) in [5, 5.41) is 17.6. The first kappa shape index (κ1) is 16.2. The van der Waals surface area contributed by atoms with Gasteiger partial charge in [-0.05, 0) is 19.1 Å². The minimum Gasteiger partial charge on any atom is -0.478 e. The number of rotatable bonds is 3. The molecule has 0 radical (unpaired) electrons. The smallest absolute Gasteiger partial charge is 0.416 e. The summed E-state index contributed by atoms with van der Waals surface area (Å²) in [4.78, 5) is 15.5. The van der Waals surface area contributed by atoms with E-state index in [2.05, 4.69) is 15.2 Å². The molecule has 24 heavy (non-hydrogen) atoms. The molecule has 0 atom stereocenters. The lowest BCUT2D eigenvalue weighted by Crippen LogP contribution is -2.04. The number of nitrogens with one attached hydrogen (secondary N) is 1. The molecule has 3 rings (SSSR count). The van der Waals surface area contributed by atoms with Crippen LogP contribution in [-0.4, -0.2) is 26.3 Å². The number of hydrogen-bond donors (Lipinski definition) is 2. The van der Waals surface area contributed by atoms with Crippen LogP contribution in [0.25, 0.3) is 22.0 Å². The van der Waals surface area contributed by atoms with Crippen LogP contribution in [-0.2, 0) is 6.18 Å². The number of carbonyl (C=O) groups is 1. The monoisotopic (exact) mass is 353 g/mol. The zero-order valence-electron chi connectivity index (χ0n) is 12.2. The van der Waals surface area contributed by atoms with E-state index in [9.17, 15) is 23.1 Å². The van der Waals surface area contributed by atoms with Crippen molar-refractivity contribution in [3.8, 4) is 22.0 Å². The fraction of sp³-hybridized carbons (Fsp3) is 0.133. The van der Waals surface area contributed by atoms with Gasteiger partial charge in [0.05, 0.1) is 11.3 Å². The molecule has 0 aliphatic heterocycles. The second kappa shape index (κ2) is 5.75. The number of hydrogen-bond acceptors (Lipinski definition) is 4. The first-order valence-corrected chi connectivity index (χ1v) is 7.57. The Morgan fingerprint density at radius 3 is 2.75 bits per heavy atom. The molecule has 1 aromatic carbocycles. The van der Waals surface area contributed by atoms with Gasteiger partial charge in [0, 0.05) is 16.6 Å². The van der Waals surface area contributed by atoms with E-state index in [0.29, 0.717) is 22.0 Å². The van der Waals surface area contributed by atoms with Crippen LogP contribution < -0.4 is 0 Å². The largest absolute Gasteiger partial charge is 0.478 e. The fourth-order valence-electron chi connectivity index (χ4n) is 2.22. The van der Waals surface area contributed by atoms with E-state index in [1.807, 2.05) is 0 Å². The lowest BCUT2D eigenvalue weighted by Gasteiger charge is -2.07. The highest BCUT2D eigenvalue weighted by molar-refractivity contribution is 7.13. The molecule has 0 aliphatic carbocycles. The van der Waals surface area contributed by atoms with Crippen molar-refractivity contribution in [2.75, 3.05) is 0 Å². The van der Waals surface area contributed by atoms with Gasteiger partial charge in [-0.1, -0.05) is 12.1 Å². The summed E-state index contributed by atoms with van der Waals surface area (Å²) < 4.78 is 38.4. The van der Waals surface area contributed by atoms with Gasteiger partial charge in [0.15, 0.2) is 0 Å². The number of benzene rings is 1. The Kier molecular flexibility index (Phi) is 3.88. The molecule has 124 valence electrons. The van der Waals surface area contributed by atoms with Gasteiger partial charge in [0.2, 0.25) is 0 Å². The zero-order valence-corrected chi connectivity index (χ0v) is 13.0. The van der Waals surface area contributed by atoms with Crippen LogP contribution in [0, 0.1) is 6.92 Å². The van der Waals surface area contributed by atoms with Crippen molar-refractivity contribution in [1.82, 2.24) is 15.2 Å². The van der Waals surface area contributed by atoms with E-state index in [4.69, 9.17) is 0 Å². The Labute approximate surface area is 137 Å². The molecule has 0 unspecified atom stereocenters. The molecule has 0 saturated carbocycles. The van der Waals surface area contributed by atoms with Crippen LogP contribution in [0.3, 0.4) is 0 Å². The summed E-state index contributed by atoms with van der Waals surface area (Å²) in [5.41, 5.74) is 0.419. The third-order valence-electron chi connectivity index (χ3n) is 3.35. The van der Waals surface area contributed by atoms with Gasteiger partial charge in [-0.25, -0.2) is 9.78 Å². The molecule has 2 N–H and O–H groups in total. The van der Waals surface area contributed by atoms with E-state index in [1.165, 1.54) is 12.1 Å². The number of alkyl halides is 3. The standard InChI is InChI=1S/C15H10F3N3O2S/c1-7-11(14(22)23)12(21-20-7)13-19-10(6-24-13)8-3-2-4-9(5-8)15(16,17)18/h2-6H,1H3,(H,20,21)(H,22,23). The highest BCUT2D eigenvalue weighted by Gasteiger charge is 2.30. The van der Waals surface area contributed by atoms with Crippen molar-refractivity contribution in [2.24, 2.45) is 0 Å². The van der Waals surface area contributed by atoms with Gasteiger partial charge in [-0.2, -0.15) is 18.3 Å². The van der Waals surface area contributed by atoms with Crippen molar-refractivity contribution in [2.45, 2.75) is 13.1 Å². The number of aromatic nitrogens is 3. The van der Waals surface area contributed by atoms with Gasteiger partial charge in [-0.3, -0.25) is 5.10 Å². The van der Waals surface area contributed by atoms with Crippen LogP contribution in [0.2, 0.25) is 0 Å². The SMILES string of the molecule is Cc1[nH]nc(-c2nc(-c3cccc(C(F)(F)F)c3)cs2)c1C(=O)O. The van der Waals surface area contributed by atoms with Crippen LogP contribution in [0.4, 0.5) is 13.2 Å². The molecule has 0 bridgehead atoms. The van der Waals surface area contributed by atoms with Crippen molar-refractivity contribution in [1.29, 1.82) is 0 Å². The zero-order chi connectivity index (χ0) is 17.5. The quantitative estimate of drug-likeness (QED) is 0.739. The van der Waals surface area contributed by atoms with Crippen LogP contribution in [0.15, 0.2) is 29.6 Å². The van der Waals surface area contributed by atoms with Gasteiger partial charge < -0.3 is 5.11 Å². The van der Waals surface area contributed by atoms with E-state index in [1.54, 1.807) is 12.3 Å². The minimum atomic E-state index is -4.44. The van der Waals surface area contributed by atoms with Crippen LogP contribution in [0.1, 0.15) is 21.6 Å². The number of halogens is 3. The third kappa shape index (κ3) is 2.90. The number of nitrogens with zero attached hydrogens (tertiary/aromatic N) is 2. The Morgan fingerprint density at radius 2 is 2.08 bits per heavy atom. The molecule has 0 spiro atoms. The lowest BCUT2D eigenvalue weighted by atomic mass is 10.1. The Morgan fingerprint density at radius 1 is 1.33 bits per heavy atom. The summed E-state index contributed by atoms with van der Waals surface area (Å²) in [6.07, 6.45) is -4.44. The van der Waals surface area contributed by atoms with E-state index in [-0.39, 0.29) is 11.3 Å². The summed E-state index contributed by atoms with van der Waals surface area (Å²) in [7, 11) is 0. The molecule has 9 heteroatoms. The summed E-state index contributed by atoms with van der Waals surface area (Å²) in [6, 6.07) is 4.81. The second-order valence-corrected chi connectivity index (χ2v) is 5.85. The number of H-pyrrole nitrogens is 1. The molecule has 0 amide bonds. The van der Waals surface area contributed by atoms with Crippen molar-refractivity contribution >= 4 is 17.3 Å². The van der Waals surface area contributed by atoms with E-state index in [0.717, 1.165) is 23.5 Å². The van der Waals surface area contributed by atoms with Crippen molar-refractivity contribution in [3.63, 3.8) is 0 Å². The Hall–Kier alpha value is -2.68. The topological polar surface area (TPSA) is 78.9 Å². The normalized spacial score (nSPS) is 11.7. The summed E-state index contributed by atoms with van der Waals surface area (Å²) in [5.74, 6) is -1.15. The first-order valence-electron chi connectivity index (χ1n) is 6.69. The van der Waals surface area contributed by atoms with E-state index < -0.39 is 17.7 Å². The fourth-order valence-corrected chi connectivity index (χ4v) is 3.04. The predicted molar refractivity (Wildman–Crippen MR) is 81.8 cm³/mol. The molecule has 2 aromatic heterocycles. The Bertz CT molecular complexity index is 915. The molecule has 0 saturated heterocycles. The highest BCUT2D eigenvalue weighted by Crippen LogP contribution is 2.34. The molecular formula is C15H10F3N3O2S. The number of aryl methyl sites for hydroxylation is 1. The van der Waals surface area contributed by atoms with Gasteiger partial charge in [-0.15, -0.1) is 11.3 Å². The third-order valence-corrected chi connectivity index (χ3v) is 4.20. The van der Waals surface area contributed by atoms with Gasteiger partial charge >= 0.3 is 12.1 Å². The molecule has 3 aromatic rings. The van der Waals surface area contributed by atoms with Crippen molar-refractivity contribution in [3.05, 3.63) is 46.5 Å². The lowest BCUT2D eigenvalue weighted by molar-refractivity contribution is -0.137. The predicted octanol–water partition coefficient (Wildman–Crippen LogP) is 4.23. The first-order chi connectivity index (χ1) is 11.3. The molecule has 0 aliphatic rings. The maximum absolute atomic E-state index is 12.8. The maximum Gasteiger partial charge on any atom is 0.416 e. The number of thiazole rings is 1.